The van der Waals surface area contributed by atoms with Gasteiger partial charge in [-0.3, -0.25) is 5.32 Å². The lowest BCUT2D eigenvalue weighted by atomic mass is 10.2. The second-order valence-corrected chi connectivity index (χ2v) is 9.63. The van der Waals surface area contributed by atoms with E-state index in [4.69, 9.17) is 14.5 Å². The number of nitrogens with one attached hydrogen (secondary N) is 1. The first-order valence-corrected chi connectivity index (χ1v) is 11.0. The van der Waals surface area contributed by atoms with Crippen LogP contribution in [0.5, 0.6) is 5.75 Å². The van der Waals surface area contributed by atoms with Crippen molar-refractivity contribution in [1.82, 2.24) is 19.1 Å². The number of ether oxygens (including phenoxy) is 2. The number of hydrogen-bond acceptors (Lipinski definition) is 5. The largest absolute Gasteiger partial charge is 0.491 e. The number of aromatic nitrogens is 4. The molecule has 1 N–H and O–H groups in total. The molecule has 9 heteroatoms. The number of hydrogen-bond donors (Lipinski definition) is 1. The Morgan fingerprint density at radius 1 is 1.23 bits per heavy atom. The number of amides is 1. The number of carbonyl (C=O) groups is 1. The average Bonchev–Trinajstić information content (AvgIpc) is 3.21. The lowest BCUT2D eigenvalue weighted by Crippen LogP contribution is -2.27. The van der Waals surface area contributed by atoms with Crippen molar-refractivity contribution in [3.05, 3.63) is 35.1 Å². The number of halogens is 1. The number of imidazole rings is 2. The highest BCUT2D eigenvalue weighted by Crippen LogP contribution is 2.36. The van der Waals surface area contributed by atoms with Gasteiger partial charge in [-0.1, -0.05) is 15.9 Å². The van der Waals surface area contributed by atoms with E-state index in [0.29, 0.717) is 24.8 Å². The molecule has 3 heterocycles. The zero-order valence-electron chi connectivity index (χ0n) is 18.3. The van der Waals surface area contributed by atoms with Crippen molar-refractivity contribution in [3.8, 4) is 28.7 Å². The van der Waals surface area contributed by atoms with E-state index in [2.05, 4.69) is 44.6 Å². The lowest BCUT2D eigenvalue weighted by Gasteiger charge is -2.19. The van der Waals surface area contributed by atoms with E-state index < -0.39 is 11.7 Å². The van der Waals surface area contributed by atoms with Crippen molar-refractivity contribution in [1.29, 1.82) is 0 Å². The van der Waals surface area contributed by atoms with Gasteiger partial charge in [0.1, 0.15) is 29.5 Å². The molecular formula is C22H26BrN5O3. The Bertz CT molecular complexity index is 1130. The molecule has 2 aromatic heterocycles. The van der Waals surface area contributed by atoms with Crippen LogP contribution in [-0.4, -0.2) is 37.4 Å². The summed E-state index contributed by atoms with van der Waals surface area (Å²) in [5.41, 5.74) is 1.08. The van der Waals surface area contributed by atoms with Crippen LogP contribution in [0.1, 0.15) is 40.7 Å². The van der Waals surface area contributed by atoms with Crippen molar-refractivity contribution >= 4 is 27.8 Å². The van der Waals surface area contributed by atoms with Gasteiger partial charge in [0.05, 0.1) is 12.1 Å². The molecule has 0 fully saturated rings. The minimum atomic E-state index is -0.584. The molecule has 8 nitrogen and oxygen atoms in total. The van der Waals surface area contributed by atoms with E-state index in [1.807, 2.05) is 55.9 Å². The van der Waals surface area contributed by atoms with Gasteiger partial charge in [0.15, 0.2) is 11.6 Å². The first kappa shape index (κ1) is 21.4. The highest BCUT2D eigenvalue weighted by Gasteiger charge is 2.23. The fraction of sp³-hybridized carbons (Fsp3) is 0.409. The van der Waals surface area contributed by atoms with Crippen LogP contribution in [0.3, 0.4) is 0 Å². The van der Waals surface area contributed by atoms with Gasteiger partial charge in [0.25, 0.3) is 0 Å². The van der Waals surface area contributed by atoms with Crippen LogP contribution in [-0.2, 0) is 11.3 Å². The van der Waals surface area contributed by atoms with Crippen LogP contribution in [0.4, 0.5) is 10.6 Å². The molecule has 1 aromatic carbocycles. The minimum absolute atomic E-state index is 0.129. The fourth-order valence-electron chi connectivity index (χ4n) is 3.41. The molecule has 0 unspecified atom stereocenters. The zero-order chi connectivity index (χ0) is 22.3. The third-order valence-corrected chi connectivity index (χ3v) is 5.19. The van der Waals surface area contributed by atoms with E-state index in [-0.39, 0.29) is 6.04 Å². The summed E-state index contributed by atoms with van der Waals surface area (Å²) in [6.45, 7) is 10.8. The first-order chi connectivity index (χ1) is 14.6. The van der Waals surface area contributed by atoms with Gasteiger partial charge in [-0.2, -0.15) is 0 Å². The van der Waals surface area contributed by atoms with Crippen molar-refractivity contribution in [2.75, 3.05) is 11.9 Å². The topological polar surface area (TPSA) is 83.2 Å². The van der Waals surface area contributed by atoms with Crippen molar-refractivity contribution < 1.29 is 14.3 Å². The molecule has 164 valence electrons. The molecule has 0 saturated carbocycles. The Morgan fingerprint density at radius 3 is 2.71 bits per heavy atom. The van der Waals surface area contributed by atoms with Crippen molar-refractivity contribution in [2.45, 2.75) is 52.8 Å². The Hall–Kier alpha value is -2.81. The number of carbonyl (C=O) groups excluding carboxylic acids is 1. The maximum atomic E-state index is 12.2. The molecule has 0 saturated heterocycles. The minimum Gasteiger partial charge on any atom is -0.491 e. The van der Waals surface area contributed by atoms with Gasteiger partial charge in [-0.05, 0) is 52.8 Å². The number of nitrogens with zero attached hydrogens (tertiary/aromatic N) is 4. The summed E-state index contributed by atoms with van der Waals surface area (Å²) in [6, 6.07) is 6.06. The quantitative estimate of drug-likeness (QED) is 0.527. The predicted molar refractivity (Wildman–Crippen MR) is 122 cm³/mol. The number of anilines is 1. The normalized spacial score (nSPS) is 13.3. The molecule has 0 aliphatic carbocycles. The molecule has 0 bridgehead atoms. The van der Waals surface area contributed by atoms with Crippen LogP contribution in [0.25, 0.3) is 22.9 Å². The van der Waals surface area contributed by atoms with Gasteiger partial charge in [-0.15, -0.1) is 0 Å². The first-order valence-electron chi connectivity index (χ1n) is 10.2. The molecule has 0 radical (unpaired) electrons. The number of fused-ring (bicyclic) bond motifs is 3. The van der Waals surface area contributed by atoms with Crippen LogP contribution in [0.2, 0.25) is 0 Å². The number of rotatable bonds is 3. The third-order valence-electron chi connectivity index (χ3n) is 4.70. The van der Waals surface area contributed by atoms with E-state index in [1.165, 1.54) is 0 Å². The molecule has 0 atom stereocenters. The summed E-state index contributed by atoms with van der Waals surface area (Å²) in [5, 5.41) is 2.72. The van der Waals surface area contributed by atoms with E-state index in [1.54, 1.807) is 0 Å². The van der Waals surface area contributed by atoms with Crippen LogP contribution >= 0.6 is 15.9 Å². The highest BCUT2D eigenvalue weighted by atomic mass is 79.9. The Labute approximate surface area is 189 Å². The standard InChI is InChI=1S/C22H26BrN5O3/c1-13(2)28-12-18(26-21(29)31-22(3,4)5)25-20(28)16-11-27-8-9-30-17-10-14(23)6-7-15(17)19(27)24-16/h6-7,10-13H,8-9H2,1-5H3,(H,26,29). The summed E-state index contributed by atoms with van der Waals surface area (Å²) >= 11 is 3.50. The smallest absolute Gasteiger partial charge is 0.413 e. The van der Waals surface area contributed by atoms with Gasteiger partial charge in [0.2, 0.25) is 0 Å². The SMILES string of the molecule is CC(C)n1cc(NC(=O)OC(C)(C)C)nc1-c1cn2c(n1)-c1ccc(Br)cc1OCC2. The highest BCUT2D eigenvalue weighted by molar-refractivity contribution is 9.10. The van der Waals surface area contributed by atoms with E-state index in [9.17, 15) is 4.79 Å². The summed E-state index contributed by atoms with van der Waals surface area (Å²) in [6.07, 6.45) is 3.25. The Balaban J connectivity index is 1.71. The Morgan fingerprint density at radius 2 is 2.00 bits per heavy atom. The van der Waals surface area contributed by atoms with Gasteiger partial charge >= 0.3 is 6.09 Å². The summed E-state index contributed by atoms with van der Waals surface area (Å²) in [4.78, 5) is 21.7. The second-order valence-electron chi connectivity index (χ2n) is 8.71. The molecule has 1 aliphatic heterocycles. The fourth-order valence-corrected chi connectivity index (χ4v) is 3.75. The molecule has 1 amide bonds. The summed E-state index contributed by atoms with van der Waals surface area (Å²) < 4.78 is 16.3. The number of benzene rings is 1. The molecule has 0 spiro atoms. The summed E-state index contributed by atoms with van der Waals surface area (Å²) in [5.74, 6) is 2.73. The van der Waals surface area contributed by atoms with Crippen LogP contribution in [0, 0.1) is 0 Å². The van der Waals surface area contributed by atoms with Crippen molar-refractivity contribution in [3.63, 3.8) is 0 Å². The zero-order valence-corrected chi connectivity index (χ0v) is 19.9. The second kappa shape index (κ2) is 8.03. The van der Waals surface area contributed by atoms with Gasteiger partial charge < -0.3 is 18.6 Å². The molecule has 31 heavy (non-hydrogen) atoms. The monoisotopic (exact) mass is 487 g/mol. The lowest BCUT2D eigenvalue weighted by molar-refractivity contribution is 0.0635. The van der Waals surface area contributed by atoms with Gasteiger partial charge in [0, 0.05) is 22.9 Å². The average molecular weight is 488 g/mol. The molecule has 3 aromatic rings. The van der Waals surface area contributed by atoms with E-state index >= 15 is 0 Å². The maximum Gasteiger partial charge on any atom is 0.413 e. The molecule has 4 rings (SSSR count). The molecule has 1 aliphatic rings. The van der Waals surface area contributed by atoms with E-state index in [0.717, 1.165) is 27.3 Å². The Kier molecular flexibility index (Phi) is 5.55. The van der Waals surface area contributed by atoms with Crippen LogP contribution < -0.4 is 10.1 Å². The third kappa shape index (κ3) is 4.61. The molecular weight excluding hydrogens is 462 g/mol. The van der Waals surface area contributed by atoms with Gasteiger partial charge in [-0.25, -0.2) is 14.8 Å². The van der Waals surface area contributed by atoms with Crippen LogP contribution in [0.15, 0.2) is 35.1 Å². The maximum absolute atomic E-state index is 12.2. The summed E-state index contributed by atoms with van der Waals surface area (Å²) in [7, 11) is 0. The predicted octanol–water partition coefficient (Wildman–Crippen LogP) is 5.50. The van der Waals surface area contributed by atoms with Crippen molar-refractivity contribution in [2.24, 2.45) is 0 Å².